The zero-order valence-electron chi connectivity index (χ0n) is 6.03. The summed E-state index contributed by atoms with van der Waals surface area (Å²) in [5.41, 5.74) is 0. The van der Waals surface area contributed by atoms with Crippen molar-refractivity contribution in [3.63, 3.8) is 0 Å². The second kappa shape index (κ2) is 5.33. The van der Waals surface area contributed by atoms with E-state index >= 15 is 0 Å². The second-order valence-corrected chi connectivity index (χ2v) is 17.4. The van der Waals surface area contributed by atoms with Gasteiger partial charge in [-0.2, -0.15) is 5.26 Å². The molecule has 0 saturated heterocycles. The van der Waals surface area contributed by atoms with Crippen molar-refractivity contribution in [3.8, 4) is 6.07 Å². The number of unbranched alkanes of at least 4 members (excludes halogenated alkanes) is 1. The predicted octanol–water partition coefficient (Wildman–Crippen LogP) is 3.54. The summed E-state index contributed by atoms with van der Waals surface area (Å²) in [5.74, 6) is 0. The summed E-state index contributed by atoms with van der Waals surface area (Å²) >= 11 is 7.31. The Kier molecular flexibility index (Phi) is 5.69. The fraction of sp³-hybridized carbons (Fsp3) is 0.833. The van der Waals surface area contributed by atoms with Crippen LogP contribution < -0.4 is 0 Å². The standard InChI is InChI=1S/C6H11Br2NSi/c1-2-10(7,8)6-4-3-5-9/h2-4,6H2,1H3. The van der Waals surface area contributed by atoms with E-state index in [9.17, 15) is 0 Å². The van der Waals surface area contributed by atoms with E-state index in [1.807, 2.05) is 0 Å². The lowest BCUT2D eigenvalue weighted by atomic mass is 10.4. The van der Waals surface area contributed by atoms with Gasteiger partial charge in [-0.05, 0) is 18.5 Å². The second-order valence-electron chi connectivity index (χ2n) is 2.22. The molecule has 0 saturated carbocycles. The Morgan fingerprint density at radius 3 is 2.50 bits per heavy atom. The van der Waals surface area contributed by atoms with Crippen LogP contribution in [0.4, 0.5) is 0 Å². The lowest BCUT2D eigenvalue weighted by Crippen LogP contribution is -2.14. The predicted molar refractivity (Wildman–Crippen MR) is 53.7 cm³/mol. The van der Waals surface area contributed by atoms with Crippen molar-refractivity contribution in [2.75, 3.05) is 0 Å². The molecule has 0 aromatic rings. The molecule has 0 aliphatic carbocycles. The molecule has 0 heterocycles. The summed E-state index contributed by atoms with van der Waals surface area (Å²) in [4.78, 5) is 0. The van der Waals surface area contributed by atoms with Crippen molar-refractivity contribution in [2.24, 2.45) is 0 Å². The van der Waals surface area contributed by atoms with Gasteiger partial charge in [0.1, 0.15) is 0 Å². The van der Waals surface area contributed by atoms with Crippen LogP contribution in [0.1, 0.15) is 19.8 Å². The molecule has 0 aromatic heterocycles. The monoisotopic (exact) mass is 283 g/mol. The Morgan fingerprint density at radius 2 is 2.10 bits per heavy atom. The third kappa shape index (κ3) is 5.45. The first-order valence-corrected chi connectivity index (χ1v) is 10.3. The van der Waals surface area contributed by atoms with Crippen molar-refractivity contribution in [3.05, 3.63) is 0 Å². The highest BCUT2D eigenvalue weighted by Gasteiger charge is 2.22. The summed E-state index contributed by atoms with van der Waals surface area (Å²) in [6.45, 7) is 2.17. The molecule has 58 valence electrons. The number of nitriles is 1. The van der Waals surface area contributed by atoms with Crippen molar-refractivity contribution in [1.82, 2.24) is 0 Å². The molecular formula is C6H11Br2NSi. The molecule has 0 rings (SSSR count). The molecule has 0 radical (unpaired) electrons. The fourth-order valence-corrected chi connectivity index (χ4v) is 3.33. The lowest BCUT2D eigenvalue weighted by Gasteiger charge is -2.12. The maximum absolute atomic E-state index is 8.27. The highest BCUT2D eigenvalue weighted by atomic mass is 79.9. The smallest absolute Gasteiger partial charge is 0.198 e. The topological polar surface area (TPSA) is 23.8 Å². The molecule has 0 aliphatic rings. The van der Waals surface area contributed by atoms with Gasteiger partial charge < -0.3 is 0 Å². The zero-order valence-corrected chi connectivity index (χ0v) is 10.2. The van der Waals surface area contributed by atoms with Crippen LogP contribution >= 0.6 is 30.6 Å². The van der Waals surface area contributed by atoms with Crippen molar-refractivity contribution in [2.45, 2.75) is 31.9 Å². The zero-order chi connectivity index (χ0) is 8.04. The van der Waals surface area contributed by atoms with Crippen molar-refractivity contribution in [1.29, 1.82) is 5.26 Å². The van der Waals surface area contributed by atoms with E-state index < -0.39 is 5.31 Å². The lowest BCUT2D eigenvalue weighted by molar-refractivity contribution is 0.953. The normalized spacial score (nSPS) is 11.0. The number of nitrogens with zero attached hydrogens (tertiary/aromatic N) is 1. The Labute approximate surface area is 79.0 Å². The molecule has 0 unspecified atom stereocenters. The molecule has 1 nitrogen and oxygen atoms in total. The third-order valence-corrected chi connectivity index (χ3v) is 9.21. The summed E-state index contributed by atoms with van der Waals surface area (Å²) < 4.78 is 0. The number of halogens is 2. The molecule has 0 atom stereocenters. The quantitative estimate of drug-likeness (QED) is 0.440. The van der Waals surface area contributed by atoms with Crippen LogP contribution in [0.5, 0.6) is 0 Å². The van der Waals surface area contributed by atoms with Gasteiger partial charge in [-0.25, -0.2) is 0 Å². The van der Waals surface area contributed by atoms with Crippen LogP contribution in [-0.4, -0.2) is 5.31 Å². The van der Waals surface area contributed by atoms with Gasteiger partial charge in [0.05, 0.1) is 6.07 Å². The summed E-state index contributed by atoms with van der Waals surface area (Å²) in [6, 6.07) is 4.47. The third-order valence-electron chi connectivity index (χ3n) is 1.35. The van der Waals surface area contributed by atoms with Gasteiger partial charge in [0, 0.05) is 6.42 Å². The molecule has 0 aromatic carbocycles. The molecule has 10 heavy (non-hydrogen) atoms. The molecule has 0 amide bonds. The first-order valence-electron chi connectivity index (χ1n) is 3.37. The highest BCUT2D eigenvalue weighted by molar-refractivity contribution is 9.51. The summed E-state index contributed by atoms with van der Waals surface area (Å²) in [7, 11) is 0. The van der Waals surface area contributed by atoms with E-state index in [2.05, 4.69) is 43.6 Å². The van der Waals surface area contributed by atoms with Crippen LogP contribution in [0.3, 0.4) is 0 Å². The average molecular weight is 285 g/mol. The Hall–Kier alpha value is 0.667. The summed E-state index contributed by atoms with van der Waals surface area (Å²) in [6.07, 6.45) is 1.71. The number of hydrogen-bond acceptors (Lipinski definition) is 1. The first kappa shape index (κ1) is 10.7. The minimum absolute atomic E-state index is 0.686. The molecular weight excluding hydrogens is 274 g/mol. The van der Waals surface area contributed by atoms with Gasteiger partial charge >= 0.3 is 0 Å². The molecule has 0 bridgehead atoms. The SMILES string of the molecule is CC[Si](Br)(Br)CCCC#N. The molecule has 0 spiro atoms. The van der Waals surface area contributed by atoms with Crippen LogP contribution in [0.2, 0.25) is 12.1 Å². The minimum Gasteiger partial charge on any atom is -0.198 e. The Morgan fingerprint density at radius 1 is 1.50 bits per heavy atom. The van der Waals surface area contributed by atoms with Crippen molar-refractivity contribution < 1.29 is 0 Å². The molecule has 0 aliphatic heterocycles. The van der Waals surface area contributed by atoms with Gasteiger partial charge in [0.25, 0.3) is 0 Å². The maximum atomic E-state index is 8.27. The minimum atomic E-state index is -1.24. The van der Waals surface area contributed by atoms with E-state index in [-0.39, 0.29) is 0 Å². The molecule has 4 heteroatoms. The Balaban J connectivity index is 3.39. The number of hydrogen-bond donors (Lipinski definition) is 0. The average Bonchev–Trinajstić information content (AvgIpc) is 1.89. The first-order chi connectivity index (χ1) is 4.62. The highest BCUT2D eigenvalue weighted by Crippen LogP contribution is 2.31. The van der Waals surface area contributed by atoms with E-state index in [0.717, 1.165) is 12.5 Å². The Bertz CT molecular complexity index is 130. The van der Waals surface area contributed by atoms with Gasteiger partial charge in [-0.15, -0.1) is 30.6 Å². The van der Waals surface area contributed by atoms with Crippen LogP contribution in [0.25, 0.3) is 0 Å². The van der Waals surface area contributed by atoms with Gasteiger partial charge in [0.2, 0.25) is 5.31 Å². The van der Waals surface area contributed by atoms with Gasteiger partial charge in [-0.1, -0.05) is 6.92 Å². The van der Waals surface area contributed by atoms with Crippen molar-refractivity contribution >= 4 is 35.9 Å². The fourth-order valence-electron chi connectivity index (χ4n) is 0.603. The molecule has 0 N–H and O–H groups in total. The van der Waals surface area contributed by atoms with Crippen LogP contribution in [0, 0.1) is 11.3 Å². The van der Waals surface area contributed by atoms with Gasteiger partial charge in [0.15, 0.2) is 0 Å². The molecule has 0 fully saturated rings. The largest absolute Gasteiger partial charge is 0.200 e. The summed E-state index contributed by atoms with van der Waals surface area (Å²) in [5, 5.41) is 7.03. The van der Waals surface area contributed by atoms with E-state index in [1.165, 1.54) is 6.04 Å². The van der Waals surface area contributed by atoms with E-state index in [4.69, 9.17) is 5.26 Å². The van der Waals surface area contributed by atoms with Crippen LogP contribution in [0.15, 0.2) is 0 Å². The maximum Gasteiger partial charge on any atom is 0.200 e. The van der Waals surface area contributed by atoms with E-state index in [1.54, 1.807) is 0 Å². The van der Waals surface area contributed by atoms with E-state index in [0.29, 0.717) is 6.42 Å². The number of rotatable bonds is 4. The van der Waals surface area contributed by atoms with Gasteiger partial charge in [-0.3, -0.25) is 0 Å². The van der Waals surface area contributed by atoms with Crippen LogP contribution in [-0.2, 0) is 0 Å².